The molecule has 0 unspecified atom stereocenters. The number of ether oxygens (including phenoxy) is 1. The Labute approximate surface area is 192 Å². The maximum absolute atomic E-state index is 12.3. The van der Waals surface area contributed by atoms with Crippen LogP contribution in [0, 0.1) is 0 Å². The minimum Gasteiger partial charge on any atom is -0.385 e. The number of aldehydes is 1. The zero-order valence-corrected chi connectivity index (χ0v) is 19.6. The van der Waals surface area contributed by atoms with Gasteiger partial charge in [-0.15, -0.1) is 11.8 Å². The van der Waals surface area contributed by atoms with Crippen LogP contribution in [0.15, 0.2) is 76.1 Å². The van der Waals surface area contributed by atoms with Crippen LogP contribution in [0.2, 0.25) is 5.02 Å². The Balaban J connectivity index is 0.00000103. The minimum atomic E-state index is 0.0109. The third-order valence-electron chi connectivity index (χ3n) is 3.67. The van der Waals surface area contributed by atoms with Gasteiger partial charge in [0.1, 0.15) is 6.29 Å². The molecule has 4 nitrogen and oxygen atoms in total. The van der Waals surface area contributed by atoms with Crippen molar-refractivity contribution in [3.63, 3.8) is 0 Å². The molecule has 0 saturated heterocycles. The number of nitrogens with zero attached hydrogens (tertiary/aromatic N) is 1. The number of hydrogen-bond donors (Lipinski definition) is 0. The number of carbonyl (C=O) groups is 2. The van der Waals surface area contributed by atoms with Crippen LogP contribution in [-0.2, 0) is 20.1 Å². The minimum absolute atomic E-state index is 0.0109. The number of ketones is 1. The van der Waals surface area contributed by atoms with Crippen molar-refractivity contribution >= 4 is 53.1 Å². The van der Waals surface area contributed by atoms with Crippen molar-refractivity contribution in [3.8, 4) is 0 Å². The van der Waals surface area contributed by atoms with Gasteiger partial charge in [0, 0.05) is 30.9 Å². The van der Waals surface area contributed by atoms with E-state index in [-0.39, 0.29) is 18.0 Å². The molecular formula is C23H26ClNO3S2. The Morgan fingerprint density at radius 1 is 1.27 bits per heavy atom. The van der Waals surface area contributed by atoms with Gasteiger partial charge in [0.2, 0.25) is 0 Å². The third kappa shape index (κ3) is 10.3. The van der Waals surface area contributed by atoms with Gasteiger partial charge in [-0.25, -0.2) is 4.40 Å². The lowest BCUT2D eigenvalue weighted by atomic mass is 9.97. The van der Waals surface area contributed by atoms with E-state index >= 15 is 0 Å². The molecule has 0 fully saturated rings. The van der Waals surface area contributed by atoms with E-state index in [2.05, 4.69) is 15.7 Å². The molecule has 2 rings (SSSR count). The molecule has 1 aromatic carbocycles. The molecule has 1 aliphatic carbocycles. The van der Waals surface area contributed by atoms with Gasteiger partial charge < -0.3 is 9.53 Å². The van der Waals surface area contributed by atoms with Gasteiger partial charge in [-0.2, -0.15) is 0 Å². The highest BCUT2D eigenvalue weighted by atomic mass is 35.5. The highest BCUT2D eigenvalue weighted by Gasteiger charge is 2.21. The fourth-order valence-electron chi connectivity index (χ4n) is 2.13. The maximum atomic E-state index is 12.3. The Hall–Kier alpha value is -1.86. The second-order valence-corrected chi connectivity index (χ2v) is 8.08. The first-order valence-corrected chi connectivity index (χ1v) is 11.6. The molecule has 0 spiro atoms. The summed E-state index contributed by atoms with van der Waals surface area (Å²) in [5.41, 5.74) is 2.73. The monoisotopic (exact) mass is 463 g/mol. The van der Waals surface area contributed by atoms with Crippen molar-refractivity contribution in [2.45, 2.75) is 19.1 Å². The number of allylic oxidation sites excluding steroid dienone is 7. The number of benzene rings is 1. The Kier molecular flexibility index (Phi) is 13.9. The molecule has 0 aliphatic heterocycles. The van der Waals surface area contributed by atoms with E-state index in [1.165, 1.54) is 23.7 Å². The zero-order chi connectivity index (χ0) is 22.2. The number of methoxy groups -OCH3 is 1. The highest BCUT2D eigenvalue weighted by Crippen LogP contribution is 2.28. The highest BCUT2D eigenvalue weighted by molar-refractivity contribution is 8.04. The normalized spacial score (nSPS) is 16.4. The number of thioether (sulfide) groups is 1. The molecule has 1 aromatic rings. The van der Waals surface area contributed by atoms with Gasteiger partial charge in [0.05, 0.1) is 16.4 Å². The SMILES string of the molecule is C=C\C=C/C=C1\CC(=O)C(SCC=O)=C\C1=N/SCc1ccc(Cl)cc1.CCOC. The molecule has 0 N–H and O–H groups in total. The zero-order valence-electron chi connectivity index (χ0n) is 17.2. The third-order valence-corrected chi connectivity index (χ3v) is 5.67. The van der Waals surface area contributed by atoms with Crippen molar-refractivity contribution in [1.29, 1.82) is 0 Å². The van der Waals surface area contributed by atoms with Crippen molar-refractivity contribution in [3.05, 3.63) is 82.3 Å². The summed E-state index contributed by atoms with van der Waals surface area (Å²) in [6.45, 7) is 6.42. The summed E-state index contributed by atoms with van der Waals surface area (Å²) in [5.74, 6) is 0.976. The number of hydrogen-bond acceptors (Lipinski definition) is 6. The van der Waals surface area contributed by atoms with E-state index in [1.54, 1.807) is 25.3 Å². The molecule has 0 radical (unpaired) electrons. The van der Waals surface area contributed by atoms with Crippen LogP contribution in [0.3, 0.4) is 0 Å². The molecule has 7 heteroatoms. The van der Waals surface area contributed by atoms with Crippen molar-refractivity contribution in [2.75, 3.05) is 19.5 Å². The van der Waals surface area contributed by atoms with E-state index in [1.807, 2.05) is 43.3 Å². The van der Waals surface area contributed by atoms with Crippen LogP contribution in [0.25, 0.3) is 0 Å². The Bertz CT molecular complexity index is 825. The fraction of sp³-hybridized carbons (Fsp3) is 0.261. The van der Waals surface area contributed by atoms with Crippen molar-refractivity contribution in [2.24, 2.45) is 4.40 Å². The van der Waals surface area contributed by atoms with Crippen LogP contribution >= 0.6 is 35.3 Å². The maximum Gasteiger partial charge on any atom is 0.173 e. The fourth-order valence-corrected chi connectivity index (χ4v) is 3.65. The van der Waals surface area contributed by atoms with Crippen LogP contribution in [0.1, 0.15) is 18.9 Å². The predicted octanol–water partition coefficient (Wildman–Crippen LogP) is 6.04. The second-order valence-electron chi connectivity index (χ2n) is 5.85. The van der Waals surface area contributed by atoms with Gasteiger partial charge in [-0.1, -0.05) is 54.6 Å². The van der Waals surface area contributed by atoms with Gasteiger partial charge in [-0.05, 0) is 48.2 Å². The Morgan fingerprint density at radius 2 is 1.97 bits per heavy atom. The molecule has 0 bridgehead atoms. The van der Waals surface area contributed by atoms with Crippen molar-refractivity contribution < 1.29 is 14.3 Å². The van der Waals surface area contributed by atoms with Gasteiger partial charge >= 0.3 is 0 Å². The Morgan fingerprint density at radius 3 is 2.57 bits per heavy atom. The molecule has 0 saturated carbocycles. The summed E-state index contributed by atoms with van der Waals surface area (Å²) >= 11 is 8.56. The van der Waals surface area contributed by atoms with E-state index in [4.69, 9.17) is 11.6 Å². The molecule has 0 atom stereocenters. The quantitative estimate of drug-likeness (QED) is 0.254. The van der Waals surface area contributed by atoms with E-state index < -0.39 is 0 Å². The average molecular weight is 464 g/mol. The van der Waals surface area contributed by atoms with Crippen LogP contribution < -0.4 is 0 Å². The summed E-state index contributed by atoms with van der Waals surface area (Å²) in [6.07, 6.45) is 10.0. The first-order valence-electron chi connectivity index (χ1n) is 9.29. The van der Waals surface area contributed by atoms with Gasteiger partial charge in [0.25, 0.3) is 0 Å². The smallest absolute Gasteiger partial charge is 0.173 e. The summed E-state index contributed by atoms with van der Waals surface area (Å²) in [7, 11) is 1.68. The lowest BCUT2D eigenvalue weighted by Gasteiger charge is -2.15. The van der Waals surface area contributed by atoms with Gasteiger partial charge in [-0.3, -0.25) is 4.79 Å². The average Bonchev–Trinajstić information content (AvgIpc) is 2.76. The number of carbonyl (C=O) groups excluding carboxylic acids is 2. The predicted molar refractivity (Wildman–Crippen MR) is 131 cm³/mol. The molecule has 0 aromatic heterocycles. The molecule has 1 aliphatic rings. The summed E-state index contributed by atoms with van der Waals surface area (Å²) < 4.78 is 9.14. The summed E-state index contributed by atoms with van der Waals surface area (Å²) in [5, 5.41) is 0.704. The van der Waals surface area contributed by atoms with Crippen LogP contribution in [-0.4, -0.2) is 37.3 Å². The molecule has 0 amide bonds. The van der Waals surface area contributed by atoms with Crippen molar-refractivity contribution in [1.82, 2.24) is 0 Å². The largest absolute Gasteiger partial charge is 0.385 e. The first-order chi connectivity index (χ1) is 14.5. The van der Waals surface area contributed by atoms with E-state index in [0.717, 1.165) is 29.7 Å². The van der Waals surface area contributed by atoms with Gasteiger partial charge in [0.15, 0.2) is 5.78 Å². The summed E-state index contributed by atoms with van der Waals surface area (Å²) in [4.78, 5) is 23.4. The topological polar surface area (TPSA) is 55.7 Å². The van der Waals surface area contributed by atoms with Crippen LogP contribution in [0.4, 0.5) is 0 Å². The van der Waals surface area contributed by atoms with E-state index in [9.17, 15) is 9.59 Å². The number of rotatable bonds is 9. The molecule has 0 heterocycles. The lowest BCUT2D eigenvalue weighted by molar-refractivity contribution is -0.114. The van der Waals surface area contributed by atoms with Crippen LogP contribution in [0.5, 0.6) is 0 Å². The number of halogens is 1. The molecule has 30 heavy (non-hydrogen) atoms. The lowest BCUT2D eigenvalue weighted by Crippen LogP contribution is -2.15. The number of Topliss-reactive ketones (excluding diaryl/α,β-unsaturated/α-hetero) is 1. The van der Waals surface area contributed by atoms with E-state index in [0.29, 0.717) is 15.7 Å². The first kappa shape index (κ1) is 26.2. The standard InChI is InChI=1S/C20H18ClNO2S2.C3H8O/c1-2-3-4-5-16-12-19(24)20(25-11-10-23)13-18(16)22-26-14-15-6-8-17(21)9-7-15;1-3-4-2/h2-10,13H,1,11-12,14H2;3H2,1-2H3/b4-3-,16-5+,22-18+;. The molecule has 160 valence electrons. The second kappa shape index (κ2) is 15.9. The summed E-state index contributed by atoms with van der Waals surface area (Å²) in [6, 6.07) is 7.63. The molecular weight excluding hydrogens is 438 g/mol.